The Morgan fingerprint density at radius 1 is 1.26 bits per heavy atom. The van der Waals surface area contributed by atoms with E-state index in [1.807, 2.05) is 0 Å². The minimum absolute atomic E-state index is 0.00234. The van der Waals surface area contributed by atoms with Crippen LogP contribution in [-0.2, 0) is 0 Å². The average Bonchev–Trinajstić information content (AvgIpc) is 2.33. The van der Waals surface area contributed by atoms with Crippen LogP contribution in [0, 0.1) is 12.7 Å². The van der Waals surface area contributed by atoms with E-state index in [1.165, 1.54) is 12.1 Å². The second-order valence-electron chi connectivity index (χ2n) is 4.06. The molecule has 0 radical (unpaired) electrons. The molecule has 1 N–H and O–H groups in total. The summed E-state index contributed by atoms with van der Waals surface area (Å²) in [5.41, 5.74) is 1.26. The van der Waals surface area contributed by atoms with Crippen LogP contribution in [0.1, 0.15) is 15.9 Å². The summed E-state index contributed by atoms with van der Waals surface area (Å²) in [5, 5.41) is 3.11. The second kappa shape index (κ2) is 5.72. The Bertz CT molecular complexity index is 645. The molecule has 0 saturated heterocycles. The fourth-order valence-electron chi connectivity index (χ4n) is 1.59. The lowest BCUT2D eigenvalue weighted by Crippen LogP contribution is -2.14. The van der Waals surface area contributed by atoms with E-state index in [4.69, 9.17) is 11.6 Å². The van der Waals surface area contributed by atoms with Crippen LogP contribution in [0.4, 0.5) is 10.1 Å². The maximum Gasteiger partial charge on any atom is 0.258 e. The van der Waals surface area contributed by atoms with Crippen molar-refractivity contribution < 1.29 is 9.18 Å². The molecule has 0 aliphatic heterocycles. The Balaban J connectivity index is 2.28. The lowest BCUT2D eigenvalue weighted by Gasteiger charge is -2.09. The maximum absolute atomic E-state index is 13.7. The van der Waals surface area contributed by atoms with Crippen LogP contribution in [0.2, 0.25) is 5.02 Å². The highest BCUT2D eigenvalue weighted by Crippen LogP contribution is 2.26. The normalized spacial score (nSPS) is 10.3. The molecule has 1 amide bonds. The van der Waals surface area contributed by atoms with Crippen molar-refractivity contribution in [1.82, 2.24) is 0 Å². The van der Waals surface area contributed by atoms with Gasteiger partial charge in [-0.05, 0) is 58.7 Å². The first-order valence-electron chi connectivity index (χ1n) is 5.50. The number of carbonyl (C=O) groups is 1. The molecule has 19 heavy (non-hydrogen) atoms. The number of halogens is 3. The molecular formula is C14H10BrClFNO. The highest BCUT2D eigenvalue weighted by Gasteiger charge is 2.13. The molecule has 0 unspecified atom stereocenters. The van der Waals surface area contributed by atoms with Gasteiger partial charge in [0.05, 0.1) is 11.3 Å². The zero-order chi connectivity index (χ0) is 14.0. The number of rotatable bonds is 2. The van der Waals surface area contributed by atoms with Gasteiger partial charge < -0.3 is 5.32 Å². The van der Waals surface area contributed by atoms with Crippen molar-refractivity contribution in [3.8, 4) is 0 Å². The smallest absolute Gasteiger partial charge is 0.258 e. The van der Waals surface area contributed by atoms with Gasteiger partial charge in [0, 0.05) is 9.50 Å². The Hall–Kier alpha value is -1.39. The van der Waals surface area contributed by atoms with E-state index in [9.17, 15) is 9.18 Å². The molecule has 0 fully saturated rings. The van der Waals surface area contributed by atoms with Crippen LogP contribution in [-0.4, -0.2) is 5.91 Å². The molecule has 0 aromatic heterocycles. The van der Waals surface area contributed by atoms with E-state index in [0.29, 0.717) is 15.2 Å². The molecule has 2 rings (SSSR count). The zero-order valence-corrected chi connectivity index (χ0v) is 12.3. The van der Waals surface area contributed by atoms with E-state index >= 15 is 0 Å². The fraction of sp³-hybridized carbons (Fsp3) is 0.0714. The Kier molecular flexibility index (Phi) is 4.22. The first-order valence-corrected chi connectivity index (χ1v) is 6.67. The predicted octanol–water partition coefficient (Wildman–Crippen LogP) is 4.80. The maximum atomic E-state index is 13.7. The molecular weight excluding hydrogens is 333 g/mol. The molecule has 2 aromatic rings. The molecule has 0 aliphatic carbocycles. The summed E-state index contributed by atoms with van der Waals surface area (Å²) in [4.78, 5) is 12.0. The Morgan fingerprint density at radius 2 is 2.00 bits per heavy atom. The second-order valence-corrected chi connectivity index (χ2v) is 5.35. The number of hydrogen-bond acceptors (Lipinski definition) is 1. The molecule has 2 nitrogen and oxygen atoms in total. The van der Waals surface area contributed by atoms with Gasteiger partial charge in [-0.15, -0.1) is 0 Å². The highest BCUT2D eigenvalue weighted by atomic mass is 79.9. The molecule has 0 atom stereocenters. The van der Waals surface area contributed by atoms with Gasteiger partial charge in [-0.2, -0.15) is 0 Å². The van der Waals surface area contributed by atoms with Crippen molar-refractivity contribution in [3.63, 3.8) is 0 Å². The van der Waals surface area contributed by atoms with Crippen LogP contribution in [0.5, 0.6) is 0 Å². The highest BCUT2D eigenvalue weighted by molar-refractivity contribution is 9.10. The lowest BCUT2D eigenvalue weighted by atomic mass is 10.1. The number of nitrogens with one attached hydrogen (secondary N) is 1. The largest absolute Gasteiger partial charge is 0.321 e. The van der Waals surface area contributed by atoms with E-state index in [2.05, 4.69) is 21.2 Å². The fourth-order valence-corrected chi connectivity index (χ4v) is 2.11. The Morgan fingerprint density at radius 3 is 2.68 bits per heavy atom. The predicted molar refractivity (Wildman–Crippen MR) is 78.2 cm³/mol. The third-order valence-corrected chi connectivity index (χ3v) is 3.47. The number of benzene rings is 2. The molecule has 2 aromatic carbocycles. The summed E-state index contributed by atoms with van der Waals surface area (Å²) in [6, 6.07) is 9.46. The first kappa shape index (κ1) is 14.0. The van der Waals surface area contributed by atoms with Gasteiger partial charge in [0.2, 0.25) is 0 Å². The monoisotopic (exact) mass is 341 g/mol. The lowest BCUT2D eigenvalue weighted by molar-refractivity contribution is 0.102. The van der Waals surface area contributed by atoms with Gasteiger partial charge in [-0.25, -0.2) is 4.39 Å². The first-order chi connectivity index (χ1) is 8.97. The molecule has 98 valence electrons. The van der Waals surface area contributed by atoms with Crippen LogP contribution in [0.3, 0.4) is 0 Å². The Labute approximate surface area is 123 Å². The molecule has 0 heterocycles. The minimum atomic E-state index is -0.546. The summed E-state index contributed by atoms with van der Waals surface area (Å²) in [6.07, 6.45) is 0. The van der Waals surface area contributed by atoms with Gasteiger partial charge >= 0.3 is 0 Å². The minimum Gasteiger partial charge on any atom is -0.321 e. The summed E-state index contributed by atoms with van der Waals surface area (Å²) >= 11 is 9.15. The van der Waals surface area contributed by atoms with E-state index in [-0.39, 0.29) is 5.56 Å². The standard InChI is InChI=1S/C14H10BrClFNO/c1-8-2-4-10(12(17)6-8)14(19)18-13-7-9(16)3-5-11(13)15/h2-7H,1H3,(H,18,19). The van der Waals surface area contributed by atoms with Crippen LogP contribution in [0.15, 0.2) is 40.9 Å². The van der Waals surface area contributed by atoms with Gasteiger partial charge in [0.25, 0.3) is 5.91 Å². The van der Waals surface area contributed by atoms with E-state index in [1.54, 1.807) is 31.2 Å². The quantitative estimate of drug-likeness (QED) is 0.834. The molecule has 0 aliphatic rings. The molecule has 0 saturated carbocycles. The number of amides is 1. The molecule has 0 bridgehead atoms. The van der Waals surface area contributed by atoms with Crippen molar-refractivity contribution in [2.24, 2.45) is 0 Å². The topological polar surface area (TPSA) is 29.1 Å². The van der Waals surface area contributed by atoms with Crippen molar-refractivity contribution in [3.05, 3.63) is 62.8 Å². The number of hydrogen-bond donors (Lipinski definition) is 1. The average molecular weight is 343 g/mol. The summed E-state index contributed by atoms with van der Waals surface area (Å²) < 4.78 is 14.4. The van der Waals surface area contributed by atoms with Gasteiger partial charge in [-0.3, -0.25) is 4.79 Å². The number of carbonyl (C=O) groups excluding carboxylic acids is 1. The summed E-state index contributed by atoms with van der Waals surface area (Å²) in [5.74, 6) is -1.06. The third-order valence-electron chi connectivity index (χ3n) is 2.55. The van der Waals surface area contributed by atoms with Crippen molar-refractivity contribution in [2.45, 2.75) is 6.92 Å². The summed E-state index contributed by atoms with van der Waals surface area (Å²) in [7, 11) is 0. The van der Waals surface area contributed by atoms with Crippen LogP contribution < -0.4 is 5.32 Å². The van der Waals surface area contributed by atoms with E-state index < -0.39 is 11.7 Å². The van der Waals surface area contributed by atoms with Crippen molar-refractivity contribution in [1.29, 1.82) is 0 Å². The molecule has 0 spiro atoms. The van der Waals surface area contributed by atoms with Gasteiger partial charge in [0.15, 0.2) is 0 Å². The van der Waals surface area contributed by atoms with E-state index in [0.717, 1.165) is 5.56 Å². The SMILES string of the molecule is Cc1ccc(C(=O)Nc2cc(Cl)ccc2Br)c(F)c1. The zero-order valence-electron chi connectivity index (χ0n) is 10.0. The van der Waals surface area contributed by atoms with Crippen LogP contribution in [0.25, 0.3) is 0 Å². The van der Waals surface area contributed by atoms with Crippen molar-refractivity contribution >= 4 is 39.1 Å². The summed E-state index contributed by atoms with van der Waals surface area (Å²) in [6.45, 7) is 1.76. The van der Waals surface area contributed by atoms with Gasteiger partial charge in [0.1, 0.15) is 5.82 Å². The molecule has 5 heteroatoms. The van der Waals surface area contributed by atoms with Gasteiger partial charge in [-0.1, -0.05) is 17.7 Å². The third kappa shape index (κ3) is 3.33. The number of anilines is 1. The van der Waals surface area contributed by atoms with Crippen LogP contribution >= 0.6 is 27.5 Å². The van der Waals surface area contributed by atoms with Crippen molar-refractivity contribution in [2.75, 3.05) is 5.32 Å². The number of aryl methyl sites for hydroxylation is 1.